The molecule has 20 heavy (non-hydrogen) atoms. The highest BCUT2D eigenvalue weighted by Gasteiger charge is 2.26. The fourth-order valence-corrected chi connectivity index (χ4v) is 3.82. The molecule has 1 saturated carbocycles. The van der Waals surface area contributed by atoms with Gasteiger partial charge in [-0.15, -0.1) is 0 Å². The first kappa shape index (κ1) is 15.3. The van der Waals surface area contributed by atoms with E-state index in [1.54, 1.807) is 26.2 Å². The van der Waals surface area contributed by atoms with Crippen LogP contribution in [0.5, 0.6) is 0 Å². The van der Waals surface area contributed by atoms with Crippen LogP contribution in [0.15, 0.2) is 29.2 Å². The van der Waals surface area contributed by atoms with Gasteiger partial charge in [-0.25, -0.2) is 8.42 Å². The standard InChI is InChI=1S/C15H23NO3S/c1-3-20(17,18)15-11-7-5-9-13(15)16-12-8-4-6-10-14(12)19-2/h5,7,9,11-12,14,16H,3-4,6,8,10H2,1-2H3. The average molecular weight is 297 g/mol. The second kappa shape index (κ2) is 6.59. The summed E-state index contributed by atoms with van der Waals surface area (Å²) in [6, 6.07) is 7.32. The summed E-state index contributed by atoms with van der Waals surface area (Å²) < 4.78 is 29.8. The molecule has 5 heteroatoms. The molecule has 2 atom stereocenters. The van der Waals surface area contributed by atoms with E-state index in [0.717, 1.165) is 19.3 Å². The van der Waals surface area contributed by atoms with Crippen molar-refractivity contribution in [1.29, 1.82) is 0 Å². The van der Waals surface area contributed by atoms with Crippen molar-refractivity contribution in [2.45, 2.75) is 49.6 Å². The molecule has 112 valence electrons. The molecule has 0 aliphatic heterocycles. The lowest BCUT2D eigenvalue weighted by Gasteiger charge is -2.32. The molecule has 0 bridgehead atoms. The predicted octanol–water partition coefficient (Wildman–Crippen LogP) is 2.85. The maximum atomic E-state index is 12.1. The second-order valence-corrected chi connectivity index (χ2v) is 7.46. The molecule has 0 heterocycles. The number of benzene rings is 1. The summed E-state index contributed by atoms with van der Waals surface area (Å²) in [5, 5.41) is 3.39. The zero-order chi connectivity index (χ0) is 14.6. The molecule has 1 aromatic rings. The van der Waals surface area contributed by atoms with Crippen molar-refractivity contribution in [3.63, 3.8) is 0 Å². The van der Waals surface area contributed by atoms with Gasteiger partial charge in [0.05, 0.1) is 28.5 Å². The lowest BCUT2D eigenvalue weighted by molar-refractivity contribution is 0.0605. The molecule has 2 unspecified atom stereocenters. The van der Waals surface area contributed by atoms with Crippen LogP contribution in [-0.4, -0.2) is 33.4 Å². The van der Waals surface area contributed by atoms with Crippen molar-refractivity contribution in [2.75, 3.05) is 18.2 Å². The van der Waals surface area contributed by atoms with E-state index in [1.807, 2.05) is 12.1 Å². The maximum absolute atomic E-state index is 12.1. The number of hydrogen-bond acceptors (Lipinski definition) is 4. The van der Waals surface area contributed by atoms with Gasteiger partial charge in [-0.05, 0) is 25.0 Å². The van der Waals surface area contributed by atoms with Crippen LogP contribution in [0.3, 0.4) is 0 Å². The van der Waals surface area contributed by atoms with Gasteiger partial charge in [0.25, 0.3) is 0 Å². The third kappa shape index (κ3) is 3.33. The van der Waals surface area contributed by atoms with Crippen LogP contribution in [0, 0.1) is 0 Å². The van der Waals surface area contributed by atoms with Gasteiger partial charge >= 0.3 is 0 Å². The largest absolute Gasteiger partial charge is 0.379 e. The SMILES string of the molecule is CCS(=O)(=O)c1ccccc1NC1CCCCC1OC. The fraction of sp³-hybridized carbons (Fsp3) is 0.600. The van der Waals surface area contributed by atoms with Crippen molar-refractivity contribution >= 4 is 15.5 Å². The smallest absolute Gasteiger partial charge is 0.180 e. The van der Waals surface area contributed by atoms with Crippen LogP contribution < -0.4 is 5.32 Å². The number of nitrogens with one attached hydrogen (secondary N) is 1. The minimum atomic E-state index is -3.21. The van der Waals surface area contributed by atoms with Crippen LogP contribution in [-0.2, 0) is 14.6 Å². The highest BCUT2D eigenvalue weighted by Crippen LogP contribution is 2.28. The van der Waals surface area contributed by atoms with Gasteiger partial charge in [0, 0.05) is 7.11 Å². The van der Waals surface area contributed by atoms with E-state index >= 15 is 0 Å². The Hall–Kier alpha value is -1.07. The van der Waals surface area contributed by atoms with E-state index in [4.69, 9.17) is 4.74 Å². The predicted molar refractivity (Wildman–Crippen MR) is 80.8 cm³/mol. The number of methoxy groups -OCH3 is 1. The summed E-state index contributed by atoms with van der Waals surface area (Å²) in [5.41, 5.74) is 0.698. The number of hydrogen-bond donors (Lipinski definition) is 1. The Labute approximate surface area is 121 Å². The van der Waals surface area contributed by atoms with Crippen molar-refractivity contribution < 1.29 is 13.2 Å². The first-order valence-electron chi connectivity index (χ1n) is 7.19. The van der Waals surface area contributed by atoms with Gasteiger partial charge in [0.1, 0.15) is 0 Å². The summed E-state index contributed by atoms with van der Waals surface area (Å²) in [7, 11) is -1.49. The third-order valence-corrected chi connectivity index (χ3v) is 5.73. The molecule has 0 amide bonds. The summed E-state index contributed by atoms with van der Waals surface area (Å²) in [6.07, 6.45) is 4.52. The number of sulfone groups is 1. The quantitative estimate of drug-likeness (QED) is 0.908. The van der Waals surface area contributed by atoms with Gasteiger partial charge in [-0.1, -0.05) is 31.9 Å². The number of ether oxygens (including phenoxy) is 1. The van der Waals surface area contributed by atoms with Crippen LogP contribution in [0.4, 0.5) is 5.69 Å². The Bertz CT molecular complexity index is 542. The monoisotopic (exact) mass is 297 g/mol. The highest BCUT2D eigenvalue weighted by molar-refractivity contribution is 7.91. The van der Waals surface area contributed by atoms with Gasteiger partial charge < -0.3 is 10.1 Å². The molecule has 0 spiro atoms. The third-order valence-electron chi connectivity index (χ3n) is 3.95. The van der Waals surface area contributed by atoms with Crippen LogP contribution in [0.2, 0.25) is 0 Å². The molecule has 2 rings (SSSR count). The summed E-state index contributed by atoms with van der Waals surface area (Å²) in [6.45, 7) is 1.67. The molecule has 1 aliphatic carbocycles. The van der Waals surface area contributed by atoms with E-state index in [1.165, 1.54) is 6.42 Å². The van der Waals surface area contributed by atoms with E-state index in [2.05, 4.69) is 5.32 Å². The van der Waals surface area contributed by atoms with Crippen molar-refractivity contribution in [3.05, 3.63) is 24.3 Å². The number of para-hydroxylation sites is 1. The summed E-state index contributed by atoms with van der Waals surface area (Å²) in [4.78, 5) is 0.392. The van der Waals surface area contributed by atoms with Crippen molar-refractivity contribution in [3.8, 4) is 0 Å². The topological polar surface area (TPSA) is 55.4 Å². The molecular formula is C15H23NO3S. The minimum absolute atomic E-state index is 0.115. The minimum Gasteiger partial charge on any atom is -0.379 e. The Balaban J connectivity index is 2.25. The molecule has 1 fully saturated rings. The van der Waals surface area contributed by atoms with Gasteiger partial charge in [-0.2, -0.15) is 0 Å². The Kier molecular flexibility index (Phi) is 5.05. The Morgan fingerprint density at radius 1 is 1.25 bits per heavy atom. The van der Waals surface area contributed by atoms with E-state index in [9.17, 15) is 8.42 Å². The Morgan fingerprint density at radius 3 is 2.65 bits per heavy atom. The molecule has 0 radical (unpaired) electrons. The molecule has 1 aliphatic rings. The zero-order valence-corrected chi connectivity index (χ0v) is 12.9. The lowest BCUT2D eigenvalue weighted by atomic mass is 9.92. The molecule has 1 N–H and O–H groups in total. The molecule has 1 aromatic carbocycles. The normalized spacial score (nSPS) is 23.5. The van der Waals surface area contributed by atoms with E-state index in [0.29, 0.717) is 10.6 Å². The fourth-order valence-electron chi connectivity index (χ4n) is 2.76. The van der Waals surface area contributed by atoms with Crippen LogP contribution in [0.1, 0.15) is 32.6 Å². The zero-order valence-electron chi connectivity index (χ0n) is 12.1. The number of anilines is 1. The van der Waals surface area contributed by atoms with E-state index in [-0.39, 0.29) is 17.9 Å². The average Bonchev–Trinajstić information content (AvgIpc) is 2.48. The van der Waals surface area contributed by atoms with Crippen LogP contribution in [0.25, 0.3) is 0 Å². The molecule has 4 nitrogen and oxygen atoms in total. The first-order valence-corrected chi connectivity index (χ1v) is 8.85. The summed E-state index contributed by atoms with van der Waals surface area (Å²) >= 11 is 0. The molecule has 0 aromatic heterocycles. The molecular weight excluding hydrogens is 274 g/mol. The van der Waals surface area contributed by atoms with Gasteiger partial charge in [0.15, 0.2) is 9.84 Å². The molecule has 0 saturated heterocycles. The first-order chi connectivity index (χ1) is 9.58. The highest BCUT2D eigenvalue weighted by atomic mass is 32.2. The Morgan fingerprint density at radius 2 is 1.95 bits per heavy atom. The number of rotatable bonds is 5. The van der Waals surface area contributed by atoms with E-state index < -0.39 is 9.84 Å². The maximum Gasteiger partial charge on any atom is 0.180 e. The van der Waals surface area contributed by atoms with Gasteiger partial charge in [0.2, 0.25) is 0 Å². The van der Waals surface area contributed by atoms with Crippen LogP contribution >= 0.6 is 0 Å². The van der Waals surface area contributed by atoms with Gasteiger partial charge in [-0.3, -0.25) is 0 Å². The van der Waals surface area contributed by atoms with Crippen molar-refractivity contribution in [1.82, 2.24) is 0 Å². The summed E-state index contributed by atoms with van der Waals surface area (Å²) in [5.74, 6) is 0.115. The van der Waals surface area contributed by atoms with Crippen molar-refractivity contribution in [2.24, 2.45) is 0 Å². The lowest BCUT2D eigenvalue weighted by Crippen LogP contribution is -2.38. The second-order valence-electron chi connectivity index (χ2n) is 5.21.